The predicted molar refractivity (Wildman–Crippen MR) is 72.3 cm³/mol. The van der Waals surface area contributed by atoms with Crippen LogP contribution in [0.15, 0.2) is 24.3 Å². The molecule has 0 unspecified atom stereocenters. The molecule has 1 aromatic heterocycles. The molecule has 0 aliphatic heterocycles. The second kappa shape index (κ2) is 5.78. The van der Waals surface area contributed by atoms with Crippen LogP contribution in [0.5, 0.6) is 0 Å². The van der Waals surface area contributed by atoms with Gasteiger partial charge in [0.15, 0.2) is 5.82 Å². The zero-order valence-electron chi connectivity index (χ0n) is 11.1. The van der Waals surface area contributed by atoms with E-state index in [0.29, 0.717) is 6.54 Å². The van der Waals surface area contributed by atoms with Crippen molar-refractivity contribution in [3.8, 4) is 0 Å². The summed E-state index contributed by atoms with van der Waals surface area (Å²) in [6, 6.07) is 8.57. The molecule has 0 spiro atoms. The van der Waals surface area contributed by atoms with Crippen LogP contribution >= 0.6 is 0 Å². The van der Waals surface area contributed by atoms with E-state index < -0.39 is 0 Å². The molecular formula is C14H20N4. The molecule has 2 aromatic rings. The highest BCUT2D eigenvalue weighted by Gasteiger charge is 2.06. The maximum atomic E-state index is 5.54. The Bertz CT molecular complexity index is 516. The van der Waals surface area contributed by atoms with E-state index in [-0.39, 0.29) is 0 Å². The lowest BCUT2D eigenvalue weighted by Crippen LogP contribution is -2.08. The van der Waals surface area contributed by atoms with Crippen LogP contribution in [0.1, 0.15) is 22.8 Å². The first kappa shape index (κ1) is 12.8. The lowest BCUT2D eigenvalue weighted by Gasteiger charge is -1.99. The molecule has 4 nitrogen and oxygen atoms in total. The predicted octanol–water partition coefficient (Wildman–Crippen LogP) is 1.41. The molecule has 96 valence electrons. The molecule has 0 fully saturated rings. The van der Waals surface area contributed by atoms with Gasteiger partial charge < -0.3 is 5.73 Å². The van der Waals surface area contributed by atoms with Gasteiger partial charge in [0.2, 0.25) is 0 Å². The molecule has 0 aliphatic rings. The summed E-state index contributed by atoms with van der Waals surface area (Å²) in [6.07, 6.45) is 2.64. The molecule has 1 aromatic carbocycles. The van der Waals surface area contributed by atoms with Crippen molar-refractivity contribution in [3.05, 3.63) is 47.0 Å². The minimum atomic E-state index is 0.615. The minimum absolute atomic E-state index is 0.615. The fourth-order valence-electron chi connectivity index (χ4n) is 2.05. The van der Waals surface area contributed by atoms with Crippen molar-refractivity contribution in [2.45, 2.75) is 26.2 Å². The van der Waals surface area contributed by atoms with Crippen LogP contribution in [0.2, 0.25) is 0 Å². The first-order chi connectivity index (χ1) is 8.69. The Kier molecular flexibility index (Phi) is 4.10. The summed E-state index contributed by atoms with van der Waals surface area (Å²) < 4.78 is 1.83. The van der Waals surface area contributed by atoms with E-state index in [0.717, 1.165) is 30.9 Å². The van der Waals surface area contributed by atoms with E-state index in [2.05, 4.69) is 41.3 Å². The van der Waals surface area contributed by atoms with Crippen molar-refractivity contribution in [2.75, 3.05) is 6.54 Å². The number of nitrogens with zero attached hydrogens (tertiary/aromatic N) is 3. The number of nitrogens with two attached hydrogens (primary N) is 1. The first-order valence-corrected chi connectivity index (χ1v) is 6.33. The normalized spacial score (nSPS) is 10.8. The number of hydrogen-bond acceptors (Lipinski definition) is 3. The van der Waals surface area contributed by atoms with Gasteiger partial charge in [0.25, 0.3) is 0 Å². The van der Waals surface area contributed by atoms with E-state index in [1.165, 1.54) is 11.1 Å². The fourth-order valence-corrected chi connectivity index (χ4v) is 2.05. The van der Waals surface area contributed by atoms with Crippen molar-refractivity contribution in [1.82, 2.24) is 14.8 Å². The zero-order valence-corrected chi connectivity index (χ0v) is 11.1. The molecule has 0 aliphatic carbocycles. The summed E-state index contributed by atoms with van der Waals surface area (Å²) in [5, 5.41) is 4.42. The Morgan fingerprint density at radius 1 is 1.22 bits per heavy atom. The third-order valence-electron chi connectivity index (χ3n) is 2.98. The Hall–Kier alpha value is -1.68. The van der Waals surface area contributed by atoms with Crippen LogP contribution in [-0.2, 0) is 26.3 Å². The molecular weight excluding hydrogens is 224 g/mol. The molecule has 18 heavy (non-hydrogen) atoms. The maximum absolute atomic E-state index is 5.54. The standard InChI is InChI=1S/C14H20N4/c1-11-4-3-5-12(10-11)6-7-13-16-14(8-9-15)18(2)17-13/h3-5,10H,6-9,15H2,1-2H3. The van der Waals surface area contributed by atoms with Crippen LogP contribution in [-0.4, -0.2) is 21.3 Å². The summed E-state index contributed by atoms with van der Waals surface area (Å²) in [6.45, 7) is 2.73. The van der Waals surface area contributed by atoms with Crippen LogP contribution < -0.4 is 5.73 Å². The van der Waals surface area contributed by atoms with E-state index in [1.54, 1.807) is 0 Å². The van der Waals surface area contributed by atoms with E-state index in [9.17, 15) is 0 Å². The smallest absolute Gasteiger partial charge is 0.151 e. The lowest BCUT2D eigenvalue weighted by atomic mass is 10.1. The SMILES string of the molecule is Cc1cccc(CCc2nc(CCN)n(C)n2)c1. The number of benzene rings is 1. The van der Waals surface area contributed by atoms with Crippen molar-refractivity contribution in [1.29, 1.82) is 0 Å². The van der Waals surface area contributed by atoms with Crippen molar-refractivity contribution >= 4 is 0 Å². The van der Waals surface area contributed by atoms with Gasteiger partial charge in [-0.1, -0.05) is 29.8 Å². The molecule has 0 bridgehead atoms. The highest BCUT2D eigenvalue weighted by atomic mass is 15.3. The molecule has 0 saturated carbocycles. The molecule has 0 saturated heterocycles. The van der Waals surface area contributed by atoms with Gasteiger partial charge in [-0.25, -0.2) is 4.98 Å². The Labute approximate surface area is 108 Å². The first-order valence-electron chi connectivity index (χ1n) is 6.33. The van der Waals surface area contributed by atoms with Crippen LogP contribution in [0, 0.1) is 6.92 Å². The number of aromatic nitrogens is 3. The Morgan fingerprint density at radius 2 is 2.06 bits per heavy atom. The monoisotopic (exact) mass is 244 g/mol. The summed E-state index contributed by atoms with van der Waals surface area (Å²) >= 11 is 0. The topological polar surface area (TPSA) is 56.7 Å². The zero-order chi connectivity index (χ0) is 13.0. The Balaban J connectivity index is 2.00. The fraction of sp³-hybridized carbons (Fsp3) is 0.429. The van der Waals surface area contributed by atoms with Gasteiger partial charge in [0.1, 0.15) is 5.82 Å². The third-order valence-corrected chi connectivity index (χ3v) is 2.98. The molecule has 2 N–H and O–H groups in total. The number of hydrogen-bond donors (Lipinski definition) is 1. The number of aryl methyl sites for hydroxylation is 4. The van der Waals surface area contributed by atoms with Gasteiger partial charge in [0, 0.05) is 19.9 Å². The van der Waals surface area contributed by atoms with E-state index >= 15 is 0 Å². The van der Waals surface area contributed by atoms with Gasteiger partial charge in [0.05, 0.1) is 0 Å². The van der Waals surface area contributed by atoms with E-state index in [4.69, 9.17) is 5.73 Å². The van der Waals surface area contributed by atoms with Gasteiger partial charge in [-0.3, -0.25) is 4.68 Å². The van der Waals surface area contributed by atoms with Crippen LogP contribution in [0.25, 0.3) is 0 Å². The quantitative estimate of drug-likeness (QED) is 0.865. The molecule has 0 atom stereocenters. The van der Waals surface area contributed by atoms with Crippen molar-refractivity contribution in [3.63, 3.8) is 0 Å². The van der Waals surface area contributed by atoms with Crippen LogP contribution in [0.3, 0.4) is 0 Å². The summed E-state index contributed by atoms with van der Waals surface area (Å²) in [7, 11) is 1.92. The summed E-state index contributed by atoms with van der Waals surface area (Å²) in [4.78, 5) is 4.51. The highest BCUT2D eigenvalue weighted by molar-refractivity contribution is 5.22. The van der Waals surface area contributed by atoms with Gasteiger partial charge in [-0.05, 0) is 25.5 Å². The number of rotatable bonds is 5. The molecule has 2 rings (SSSR count). The average Bonchev–Trinajstić information content (AvgIpc) is 2.69. The molecule has 0 amide bonds. The second-order valence-corrected chi connectivity index (χ2v) is 4.60. The second-order valence-electron chi connectivity index (χ2n) is 4.60. The Morgan fingerprint density at radius 3 is 2.78 bits per heavy atom. The van der Waals surface area contributed by atoms with Gasteiger partial charge >= 0.3 is 0 Å². The van der Waals surface area contributed by atoms with E-state index in [1.807, 2.05) is 11.7 Å². The van der Waals surface area contributed by atoms with Crippen molar-refractivity contribution < 1.29 is 0 Å². The largest absolute Gasteiger partial charge is 0.330 e. The summed E-state index contributed by atoms with van der Waals surface area (Å²) in [5.74, 6) is 1.87. The minimum Gasteiger partial charge on any atom is -0.330 e. The lowest BCUT2D eigenvalue weighted by molar-refractivity contribution is 0.687. The maximum Gasteiger partial charge on any atom is 0.151 e. The average molecular weight is 244 g/mol. The summed E-state index contributed by atoms with van der Waals surface area (Å²) in [5.41, 5.74) is 8.17. The molecule has 0 radical (unpaired) electrons. The molecule has 1 heterocycles. The van der Waals surface area contributed by atoms with Crippen LogP contribution in [0.4, 0.5) is 0 Å². The van der Waals surface area contributed by atoms with Gasteiger partial charge in [-0.2, -0.15) is 5.10 Å². The molecule has 4 heteroatoms. The van der Waals surface area contributed by atoms with Crippen molar-refractivity contribution in [2.24, 2.45) is 12.8 Å². The third kappa shape index (κ3) is 3.17. The highest BCUT2D eigenvalue weighted by Crippen LogP contribution is 2.08. The van der Waals surface area contributed by atoms with Gasteiger partial charge in [-0.15, -0.1) is 0 Å².